The second-order valence-electron chi connectivity index (χ2n) is 2.78. The van der Waals surface area contributed by atoms with Gasteiger partial charge in [-0.3, -0.25) is 0 Å². The highest BCUT2D eigenvalue weighted by Crippen LogP contribution is 2.29. The van der Waals surface area contributed by atoms with Crippen LogP contribution in [0.2, 0.25) is 0 Å². The van der Waals surface area contributed by atoms with Crippen LogP contribution in [0.5, 0.6) is 0 Å². The summed E-state index contributed by atoms with van der Waals surface area (Å²) in [7, 11) is 1.63. The number of aliphatic hydroxyl groups is 1. The van der Waals surface area contributed by atoms with Crippen LogP contribution in [0.3, 0.4) is 0 Å². The van der Waals surface area contributed by atoms with Crippen molar-refractivity contribution in [3.05, 3.63) is 0 Å². The number of rotatable bonds is 7. The van der Waals surface area contributed by atoms with Gasteiger partial charge in [0.2, 0.25) is 0 Å². The summed E-state index contributed by atoms with van der Waals surface area (Å²) in [6, 6.07) is 0. The molecular weight excluding hydrogens is 240 g/mol. The predicted octanol–water partition coefficient (Wildman–Crippen LogP) is 2.55. The Morgan fingerprint density at radius 1 is 1.33 bits per heavy atom. The fourth-order valence-electron chi connectivity index (χ4n) is 0.910. The van der Waals surface area contributed by atoms with E-state index in [1.54, 1.807) is 7.11 Å². The molecule has 0 aliphatic heterocycles. The van der Waals surface area contributed by atoms with Crippen molar-refractivity contribution >= 4 is 28.6 Å². The van der Waals surface area contributed by atoms with Gasteiger partial charge in [-0.1, -0.05) is 12.8 Å². The molecule has 1 unspecified atom stereocenters. The highest BCUT2D eigenvalue weighted by molar-refractivity contribution is 9.11. The summed E-state index contributed by atoms with van der Waals surface area (Å²) in [6.07, 6.45) is 5.06. The lowest BCUT2D eigenvalue weighted by Gasteiger charge is -2.18. The lowest BCUT2D eigenvalue weighted by molar-refractivity contribution is 0.143. The van der Waals surface area contributed by atoms with E-state index in [0.717, 1.165) is 32.1 Å². The first-order chi connectivity index (χ1) is 5.62. The first kappa shape index (κ1) is 12.8. The van der Waals surface area contributed by atoms with Gasteiger partial charge in [-0.15, -0.1) is 12.6 Å². The minimum atomic E-state index is -0.466. The number of hydrogen-bond acceptors (Lipinski definition) is 3. The number of methoxy groups -OCH3 is 1. The molecule has 0 bridgehead atoms. The Morgan fingerprint density at radius 3 is 2.42 bits per heavy atom. The smallest absolute Gasteiger partial charge is 0.165 e. The van der Waals surface area contributed by atoms with Crippen molar-refractivity contribution in [2.24, 2.45) is 0 Å². The van der Waals surface area contributed by atoms with Gasteiger partial charge in [0.25, 0.3) is 0 Å². The van der Waals surface area contributed by atoms with Crippen LogP contribution in [0, 0.1) is 0 Å². The zero-order valence-corrected chi connectivity index (χ0v) is 9.90. The van der Waals surface area contributed by atoms with Gasteiger partial charge in [-0.2, -0.15) is 0 Å². The Kier molecular flexibility index (Phi) is 7.63. The molecule has 0 aromatic rings. The van der Waals surface area contributed by atoms with Crippen molar-refractivity contribution in [1.82, 2.24) is 0 Å². The molecule has 4 heteroatoms. The van der Waals surface area contributed by atoms with Crippen LogP contribution in [0.4, 0.5) is 0 Å². The summed E-state index contributed by atoms with van der Waals surface area (Å²) in [5, 5.41) is 8.52. The second-order valence-corrected chi connectivity index (χ2v) is 5.40. The first-order valence-corrected chi connectivity index (χ1v) is 5.43. The number of thiol groups is 1. The third-order valence-electron chi connectivity index (χ3n) is 1.71. The van der Waals surface area contributed by atoms with E-state index in [-0.39, 0.29) is 0 Å². The second kappa shape index (κ2) is 7.18. The van der Waals surface area contributed by atoms with E-state index in [9.17, 15) is 0 Å². The number of halogens is 1. The maximum atomic E-state index is 8.52. The third kappa shape index (κ3) is 7.40. The standard InChI is InChI=1S/C8H17BrO2S/c1-11-8(9,12)6-4-2-3-5-7-10/h10,12H,2-7H2,1H3. The predicted molar refractivity (Wildman–Crippen MR) is 57.8 cm³/mol. The molecule has 1 N–H and O–H groups in total. The van der Waals surface area contributed by atoms with Crippen molar-refractivity contribution in [3.8, 4) is 0 Å². The molecule has 0 amide bonds. The molecular formula is C8H17BrO2S. The average Bonchev–Trinajstić information content (AvgIpc) is 2.04. The van der Waals surface area contributed by atoms with Crippen LogP contribution in [0.25, 0.3) is 0 Å². The van der Waals surface area contributed by atoms with Crippen LogP contribution in [-0.2, 0) is 4.74 Å². The van der Waals surface area contributed by atoms with Crippen LogP contribution >= 0.6 is 28.6 Å². The normalized spacial score (nSPS) is 16.0. The first-order valence-electron chi connectivity index (χ1n) is 4.19. The molecule has 74 valence electrons. The van der Waals surface area contributed by atoms with E-state index < -0.39 is 3.84 Å². The van der Waals surface area contributed by atoms with Crippen LogP contribution < -0.4 is 0 Å². The molecule has 0 fully saturated rings. The van der Waals surface area contributed by atoms with Gasteiger partial charge in [-0.25, -0.2) is 0 Å². The van der Waals surface area contributed by atoms with E-state index >= 15 is 0 Å². The quantitative estimate of drug-likeness (QED) is 0.318. The zero-order valence-electron chi connectivity index (χ0n) is 7.42. The summed E-state index contributed by atoms with van der Waals surface area (Å²) in [5.74, 6) is 0. The van der Waals surface area contributed by atoms with Gasteiger partial charge in [0, 0.05) is 13.7 Å². The van der Waals surface area contributed by atoms with Gasteiger partial charge in [0.1, 0.15) is 0 Å². The van der Waals surface area contributed by atoms with E-state index in [0.29, 0.717) is 6.61 Å². The molecule has 0 aliphatic carbocycles. The summed E-state index contributed by atoms with van der Waals surface area (Å²) in [6.45, 7) is 0.296. The lowest BCUT2D eigenvalue weighted by Crippen LogP contribution is -2.14. The lowest BCUT2D eigenvalue weighted by atomic mass is 10.1. The number of aliphatic hydroxyl groups excluding tert-OH is 1. The molecule has 2 nitrogen and oxygen atoms in total. The van der Waals surface area contributed by atoms with E-state index in [1.807, 2.05) is 0 Å². The fourth-order valence-corrected chi connectivity index (χ4v) is 1.35. The Balaban J connectivity index is 3.19. The monoisotopic (exact) mass is 256 g/mol. The number of hydrogen-bond donors (Lipinski definition) is 2. The van der Waals surface area contributed by atoms with Crippen LogP contribution in [-0.4, -0.2) is 22.7 Å². The molecule has 0 saturated carbocycles. The van der Waals surface area contributed by atoms with Crippen molar-refractivity contribution in [1.29, 1.82) is 0 Å². The topological polar surface area (TPSA) is 29.5 Å². The third-order valence-corrected chi connectivity index (χ3v) is 2.83. The average molecular weight is 257 g/mol. The van der Waals surface area contributed by atoms with Gasteiger partial charge < -0.3 is 9.84 Å². The van der Waals surface area contributed by atoms with Gasteiger partial charge in [-0.05, 0) is 35.2 Å². The molecule has 0 radical (unpaired) electrons. The molecule has 0 aromatic heterocycles. The molecule has 0 spiro atoms. The van der Waals surface area contributed by atoms with Crippen LogP contribution in [0.1, 0.15) is 32.1 Å². The molecule has 1 atom stereocenters. The molecule has 0 aromatic carbocycles. The summed E-state index contributed by atoms with van der Waals surface area (Å²) >= 11 is 7.60. The summed E-state index contributed by atoms with van der Waals surface area (Å²) in [4.78, 5) is 0. The molecule has 0 rings (SSSR count). The molecule has 0 aliphatic rings. The number of alkyl halides is 1. The van der Waals surface area contributed by atoms with Gasteiger partial charge >= 0.3 is 0 Å². The summed E-state index contributed by atoms with van der Waals surface area (Å²) < 4.78 is 4.61. The van der Waals surface area contributed by atoms with Crippen molar-refractivity contribution < 1.29 is 9.84 Å². The molecule has 0 heterocycles. The van der Waals surface area contributed by atoms with Gasteiger partial charge in [0.05, 0.1) is 0 Å². The minimum absolute atomic E-state index is 0.296. The van der Waals surface area contributed by atoms with Crippen LogP contribution in [0.15, 0.2) is 0 Å². The Hall–Kier alpha value is 0.750. The zero-order chi connectivity index (χ0) is 9.45. The van der Waals surface area contributed by atoms with E-state index in [4.69, 9.17) is 9.84 Å². The number of unbranched alkanes of at least 4 members (excludes halogenated alkanes) is 3. The summed E-state index contributed by atoms with van der Waals surface area (Å²) in [5.41, 5.74) is 0. The SMILES string of the molecule is COC(S)(Br)CCCCCCO. The largest absolute Gasteiger partial charge is 0.396 e. The fraction of sp³-hybridized carbons (Fsp3) is 1.00. The minimum Gasteiger partial charge on any atom is -0.396 e. The van der Waals surface area contributed by atoms with E-state index in [2.05, 4.69) is 28.6 Å². The van der Waals surface area contributed by atoms with E-state index in [1.165, 1.54) is 0 Å². The Morgan fingerprint density at radius 2 is 1.92 bits per heavy atom. The highest BCUT2D eigenvalue weighted by Gasteiger charge is 2.18. The molecule has 0 saturated heterocycles. The Labute approximate surface area is 88.2 Å². The Bertz CT molecular complexity index is 109. The molecule has 12 heavy (non-hydrogen) atoms. The maximum absolute atomic E-state index is 8.52. The number of ether oxygens (including phenoxy) is 1. The highest BCUT2D eigenvalue weighted by atomic mass is 79.9. The maximum Gasteiger partial charge on any atom is 0.165 e. The van der Waals surface area contributed by atoms with Crippen molar-refractivity contribution in [2.45, 2.75) is 35.9 Å². The van der Waals surface area contributed by atoms with Crippen molar-refractivity contribution in [3.63, 3.8) is 0 Å². The van der Waals surface area contributed by atoms with Gasteiger partial charge in [0.15, 0.2) is 3.84 Å². The van der Waals surface area contributed by atoms with Crippen molar-refractivity contribution in [2.75, 3.05) is 13.7 Å².